The van der Waals surface area contributed by atoms with Gasteiger partial charge in [-0.05, 0) is 67.6 Å². The van der Waals surface area contributed by atoms with Crippen LogP contribution in [0.25, 0.3) is 22.8 Å². The fourth-order valence-corrected chi connectivity index (χ4v) is 5.20. The molecule has 3 aromatic carbocycles. The lowest BCUT2D eigenvalue weighted by molar-refractivity contribution is -0.137. The van der Waals surface area contributed by atoms with E-state index in [1.54, 1.807) is 12.1 Å². The Labute approximate surface area is 241 Å². The van der Waals surface area contributed by atoms with Crippen molar-refractivity contribution in [1.82, 2.24) is 18.9 Å². The average Bonchev–Trinajstić information content (AvgIpc) is 3.54. The molecule has 0 radical (unpaired) electrons. The lowest BCUT2D eigenvalue weighted by atomic mass is 10.2. The molecule has 1 amide bonds. The highest BCUT2D eigenvalue weighted by molar-refractivity contribution is 7.86. The minimum atomic E-state index is -4.79. The molecule has 0 saturated carbocycles. The molecule has 0 aliphatic carbocycles. The number of para-hydroxylation sites is 1. The van der Waals surface area contributed by atoms with Gasteiger partial charge in [-0.15, -0.1) is 0 Å². The molecule has 2 heterocycles. The highest BCUT2D eigenvalue weighted by Crippen LogP contribution is 2.32. The van der Waals surface area contributed by atoms with E-state index in [1.807, 2.05) is 6.07 Å². The molecule has 43 heavy (non-hydrogen) atoms. The maximum atomic E-state index is 13.9. The van der Waals surface area contributed by atoms with E-state index in [4.69, 9.17) is 5.26 Å². The van der Waals surface area contributed by atoms with Crippen molar-refractivity contribution < 1.29 is 30.9 Å². The molecule has 218 valence electrons. The van der Waals surface area contributed by atoms with Gasteiger partial charge >= 0.3 is 17.9 Å². The quantitative estimate of drug-likeness (QED) is 0.266. The number of anilines is 1. The number of aromatic nitrogens is 4. The van der Waals surface area contributed by atoms with Crippen LogP contribution in [0.4, 0.5) is 23.7 Å². The topological polar surface area (TPSA) is 152 Å². The van der Waals surface area contributed by atoms with Crippen molar-refractivity contribution in [2.75, 3.05) is 5.32 Å². The Morgan fingerprint density at radius 3 is 2.35 bits per heavy atom. The predicted octanol–water partition coefficient (Wildman–Crippen LogP) is 5.02. The molecule has 0 aliphatic rings. The van der Waals surface area contributed by atoms with E-state index in [0.29, 0.717) is 15.8 Å². The number of imidazole rings is 1. The first-order chi connectivity index (χ1) is 20.3. The van der Waals surface area contributed by atoms with Crippen molar-refractivity contribution in [3.05, 3.63) is 112 Å². The zero-order valence-electron chi connectivity index (χ0n) is 21.9. The van der Waals surface area contributed by atoms with Gasteiger partial charge in [0.25, 0.3) is 10.1 Å². The molecule has 0 atom stereocenters. The number of alkyl halides is 3. The van der Waals surface area contributed by atoms with Crippen molar-refractivity contribution in [3.63, 3.8) is 0 Å². The normalized spacial score (nSPS) is 11.7. The molecule has 0 bridgehead atoms. The molecule has 2 aromatic heterocycles. The maximum absolute atomic E-state index is 13.9. The van der Waals surface area contributed by atoms with E-state index in [0.717, 1.165) is 28.8 Å². The fourth-order valence-electron chi connectivity index (χ4n) is 4.55. The molecule has 0 unspecified atom stereocenters. The molecule has 2 N–H and O–H groups in total. The van der Waals surface area contributed by atoms with Crippen LogP contribution < -0.4 is 11.0 Å². The van der Waals surface area contributed by atoms with Gasteiger partial charge in [-0.1, -0.05) is 18.2 Å². The van der Waals surface area contributed by atoms with E-state index < -0.39 is 38.5 Å². The number of carbonyl (C=O) groups excluding carboxylic acids is 1. The first kappa shape index (κ1) is 29.0. The molecule has 5 aromatic rings. The Balaban J connectivity index is 1.75. The number of halogens is 3. The van der Waals surface area contributed by atoms with Crippen LogP contribution >= 0.6 is 0 Å². The SMILES string of the molecule is Cc1c(-c2ccnn2-c2ccc(C#N)cc2)n(C(=O)Nc2ccccc2S(=O)(=O)O)c(=O)n1-c1cccc(C(F)(F)F)c1. The third-order valence-electron chi connectivity index (χ3n) is 6.45. The van der Waals surface area contributed by atoms with E-state index in [1.165, 1.54) is 60.3 Å². The van der Waals surface area contributed by atoms with Gasteiger partial charge < -0.3 is 5.32 Å². The lowest BCUT2D eigenvalue weighted by Gasteiger charge is -2.13. The number of rotatable bonds is 5. The number of amides is 1. The number of nitriles is 1. The van der Waals surface area contributed by atoms with Gasteiger partial charge in [-0.25, -0.2) is 18.8 Å². The standard InChI is InChI=1S/C28H19F3N6O5S/c1-17-25(23-13-14-33-37(23)20-11-9-18(16-32)10-12-20)36(26(38)34-22-7-2-3-8-24(22)43(40,41)42)27(39)35(17)21-6-4-5-19(15-21)28(29,30)31/h2-15H,1H3,(H,34,38)(H,40,41,42). The summed E-state index contributed by atoms with van der Waals surface area (Å²) in [6.07, 6.45) is -3.35. The lowest BCUT2D eigenvalue weighted by Crippen LogP contribution is -2.33. The molecule has 0 spiro atoms. The Morgan fingerprint density at radius 1 is 1.00 bits per heavy atom. The second-order valence-electron chi connectivity index (χ2n) is 9.12. The van der Waals surface area contributed by atoms with Crippen molar-refractivity contribution in [1.29, 1.82) is 5.26 Å². The summed E-state index contributed by atoms with van der Waals surface area (Å²) in [4.78, 5) is 26.9. The van der Waals surface area contributed by atoms with E-state index >= 15 is 0 Å². The minimum Gasteiger partial charge on any atom is -0.306 e. The highest BCUT2D eigenvalue weighted by Gasteiger charge is 2.32. The van der Waals surface area contributed by atoms with Crippen LogP contribution in [-0.4, -0.2) is 37.9 Å². The van der Waals surface area contributed by atoms with Crippen molar-refractivity contribution >= 4 is 21.8 Å². The first-order valence-corrected chi connectivity index (χ1v) is 13.7. The number of benzene rings is 3. The second kappa shape index (κ2) is 10.7. The molecule has 5 rings (SSSR count). The predicted molar refractivity (Wildman–Crippen MR) is 148 cm³/mol. The number of nitrogens with zero attached hydrogens (tertiary/aromatic N) is 5. The monoisotopic (exact) mass is 608 g/mol. The van der Waals surface area contributed by atoms with Crippen LogP contribution in [-0.2, 0) is 16.3 Å². The van der Waals surface area contributed by atoms with Gasteiger partial charge in [0, 0.05) is 0 Å². The van der Waals surface area contributed by atoms with Crippen LogP contribution in [0.2, 0.25) is 0 Å². The molecule has 15 heteroatoms. The van der Waals surface area contributed by atoms with Crippen LogP contribution in [0, 0.1) is 18.3 Å². The summed E-state index contributed by atoms with van der Waals surface area (Å²) in [6, 6.07) is 17.3. The van der Waals surface area contributed by atoms with Crippen molar-refractivity contribution in [2.24, 2.45) is 0 Å². The van der Waals surface area contributed by atoms with Gasteiger partial charge in [0.15, 0.2) is 0 Å². The van der Waals surface area contributed by atoms with Crippen LogP contribution in [0.3, 0.4) is 0 Å². The summed E-state index contributed by atoms with van der Waals surface area (Å²) >= 11 is 0. The van der Waals surface area contributed by atoms with E-state index in [9.17, 15) is 35.7 Å². The van der Waals surface area contributed by atoms with Crippen LogP contribution in [0.15, 0.2) is 94.7 Å². The largest absolute Gasteiger partial charge is 0.416 e. The first-order valence-electron chi connectivity index (χ1n) is 12.3. The maximum Gasteiger partial charge on any atom is 0.416 e. The summed E-state index contributed by atoms with van der Waals surface area (Å²) in [5.74, 6) is 0. The summed E-state index contributed by atoms with van der Waals surface area (Å²) in [6.45, 7) is 1.42. The summed E-state index contributed by atoms with van der Waals surface area (Å²) in [5.41, 5.74) is -1.70. The molecule has 0 saturated heterocycles. The minimum absolute atomic E-state index is 0.0536. The Bertz CT molecular complexity index is 2090. The smallest absolute Gasteiger partial charge is 0.306 e. The molecular formula is C28H19F3N6O5S. The van der Waals surface area contributed by atoms with Gasteiger partial charge in [0.1, 0.15) is 10.6 Å². The summed E-state index contributed by atoms with van der Waals surface area (Å²) in [7, 11) is -4.79. The zero-order valence-corrected chi connectivity index (χ0v) is 22.8. The molecule has 11 nitrogen and oxygen atoms in total. The van der Waals surface area contributed by atoms with Gasteiger partial charge in [0.2, 0.25) is 0 Å². The fraction of sp³-hybridized carbons (Fsp3) is 0.0714. The highest BCUT2D eigenvalue weighted by atomic mass is 32.2. The van der Waals surface area contributed by atoms with Gasteiger partial charge in [-0.3, -0.25) is 9.12 Å². The molecule has 0 aliphatic heterocycles. The van der Waals surface area contributed by atoms with Crippen molar-refractivity contribution in [2.45, 2.75) is 18.0 Å². The van der Waals surface area contributed by atoms with E-state index in [2.05, 4.69) is 10.4 Å². The van der Waals surface area contributed by atoms with Gasteiger partial charge in [0.05, 0.1) is 51.8 Å². The number of hydrogen-bond acceptors (Lipinski definition) is 6. The summed E-state index contributed by atoms with van der Waals surface area (Å²) in [5, 5.41) is 15.7. The number of nitrogens with one attached hydrogen (secondary N) is 1. The Hall–Kier alpha value is -5.46. The Kier molecular flexibility index (Phi) is 7.26. The second-order valence-corrected chi connectivity index (χ2v) is 10.5. The number of carbonyl (C=O) groups is 1. The molecular weight excluding hydrogens is 589 g/mol. The third kappa shape index (κ3) is 5.44. The summed E-state index contributed by atoms with van der Waals surface area (Å²) < 4.78 is 76.9. The van der Waals surface area contributed by atoms with Crippen LogP contribution in [0.5, 0.6) is 0 Å². The average molecular weight is 609 g/mol. The Morgan fingerprint density at radius 2 is 1.70 bits per heavy atom. The van der Waals surface area contributed by atoms with Crippen LogP contribution in [0.1, 0.15) is 16.8 Å². The number of hydrogen-bond donors (Lipinski definition) is 2. The molecule has 0 fully saturated rings. The van der Waals surface area contributed by atoms with Crippen molar-refractivity contribution in [3.8, 4) is 28.8 Å². The third-order valence-corrected chi connectivity index (χ3v) is 7.36. The zero-order chi connectivity index (χ0) is 31.1. The van der Waals surface area contributed by atoms with E-state index in [-0.39, 0.29) is 28.5 Å². The van der Waals surface area contributed by atoms with Gasteiger partial charge in [-0.2, -0.15) is 31.9 Å².